The summed E-state index contributed by atoms with van der Waals surface area (Å²) in [6, 6.07) is 8.42. The minimum atomic E-state index is 0.386. The van der Waals surface area contributed by atoms with Crippen molar-refractivity contribution in [2.75, 3.05) is 5.43 Å². The smallest absolute Gasteiger partial charge is 0.0337 e. The second kappa shape index (κ2) is 2.68. The maximum atomic E-state index is 4.37. The average molecular weight is 162 g/mol. The van der Waals surface area contributed by atoms with E-state index in [4.69, 9.17) is 0 Å². The van der Waals surface area contributed by atoms with E-state index in [1.54, 1.807) is 0 Å². The summed E-state index contributed by atoms with van der Waals surface area (Å²) in [5.41, 5.74) is 9.68. The van der Waals surface area contributed by atoms with Crippen molar-refractivity contribution >= 4 is 11.4 Å². The Hall–Kier alpha value is -1.22. The van der Waals surface area contributed by atoms with Gasteiger partial charge in [0.2, 0.25) is 0 Å². The van der Waals surface area contributed by atoms with Crippen LogP contribution in [0, 0.1) is 0 Å². The molecule has 0 atom stereocenters. The summed E-state index contributed by atoms with van der Waals surface area (Å²) < 4.78 is 0. The number of fused-ring (bicyclic) bond motifs is 1. The molecule has 0 radical (unpaired) electrons. The molecule has 3 nitrogen and oxygen atoms in total. The number of hydrogen-bond donors (Lipinski definition) is 1. The fourth-order valence-electron chi connectivity index (χ4n) is 1.16. The third kappa shape index (κ3) is 1.12. The van der Waals surface area contributed by atoms with Crippen LogP contribution in [0.1, 0.15) is 13.8 Å². The van der Waals surface area contributed by atoms with Crippen LogP contribution in [0.2, 0.25) is 0 Å². The lowest BCUT2D eigenvalue weighted by atomic mass is 10.3. The van der Waals surface area contributed by atoms with Crippen LogP contribution in [0.5, 0.6) is 0 Å². The standard InChI is InChI=1S/C9H12N3/c1-7(2)12-10-8-5-3-4-6-9(8)11-12/h3-7,10H,1-2H3/q-1. The molecule has 1 N–H and O–H groups in total. The maximum Gasteiger partial charge on any atom is 0.0337 e. The van der Waals surface area contributed by atoms with Crippen molar-refractivity contribution < 1.29 is 0 Å². The highest BCUT2D eigenvalue weighted by molar-refractivity contribution is 5.74. The minimum Gasteiger partial charge on any atom is -0.599 e. The summed E-state index contributed by atoms with van der Waals surface area (Å²) in [4.78, 5) is 0. The normalized spacial score (nSPS) is 15.6. The van der Waals surface area contributed by atoms with Gasteiger partial charge in [0.15, 0.2) is 0 Å². The zero-order chi connectivity index (χ0) is 8.55. The third-order valence-corrected chi connectivity index (χ3v) is 1.84. The maximum absolute atomic E-state index is 4.37. The fourth-order valence-corrected chi connectivity index (χ4v) is 1.16. The van der Waals surface area contributed by atoms with E-state index in [-0.39, 0.29) is 0 Å². The molecule has 3 heteroatoms. The fraction of sp³-hybridized carbons (Fsp3) is 0.333. The van der Waals surface area contributed by atoms with Crippen LogP contribution in [0.25, 0.3) is 5.43 Å². The molecule has 64 valence electrons. The predicted molar refractivity (Wildman–Crippen MR) is 50.1 cm³/mol. The second-order valence-electron chi connectivity index (χ2n) is 3.17. The Morgan fingerprint density at radius 2 is 2.08 bits per heavy atom. The molecule has 1 aliphatic heterocycles. The average Bonchev–Trinajstić information content (AvgIpc) is 2.46. The molecular weight excluding hydrogens is 150 g/mol. The molecule has 1 heterocycles. The van der Waals surface area contributed by atoms with Crippen LogP contribution >= 0.6 is 0 Å². The van der Waals surface area contributed by atoms with Crippen molar-refractivity contribution in [2.24, 2.45) is 0 Å². The molecular formula is C9H12N3-. The Morgan fingerprint density at radius 1 is 1.33 bits per heavy atom. The van der Waals surface area contributed by atoms with Gasteiger partial charge in [-0.25, -0.2) is 0 Å². The molecule has 2 rings (SSSR count). The van der Waals surface area contributed by atoms with Crippen molar-refractivity contribution in [2.45, 2.75) is 19.9 Å². The molecule has 0 aliphatic carbocycles. The van der Waals surface area contributed by atoms with Crippen LogP contribution in [-0.2, 0) is 0 Å². The summed E-state index contributed by atoms with van der Waals surface area (Å²) in [6.07, 6.45) is 0. The number of rotatable bonds is 1. The van der Waals surface area contributed by atoms with Gasteiger partial charge in [-0.1, -0.05) is 18.2 Å². The van der Waals surface area contributed by atoms with Crippen molar-refractivity contribution in [3.63, 3.8) is 0 Å². The van der Waals surface area contributed by atoms with Crippen LogP contribution in [0.3, 0.4) is 0 Å². The van der Waals surface area contributed by atoms with E-state index in [1.165, 1.54) is 0 Å². The quantitative estimate of drug-likeness (QED) is 0.687. The lowest BCUT2D eigenvalue weighted by Gasteiger charge is -2.33. The summed E-state index contributed by atoms with van der Waals surface area (Å²) in [6.45, 7) is 4.20. The Kier molecular flexibility index (Phi) is 1.66. The van der Waals surface area contributed by atoms with Gasteiger partial charge in [0, 0.05) is 11.7 Å². The highest BCUT2D eigenvalue weighted by atomic mass is 15.8. The number of nitrogens with one attached hydrogen (secondary N) is 1. The van der Waals surface area contributed by atoms with Gasteiger partial charge >= 0.3 is 0 Å². The van der Waals surface area contributed by atoms with E-state index in [0.29, 0.717) is 6.04 Å². The van der Waals surface area contributed by atoms with Gasteiger partial charge in [0.1, 0.15) is 0 Å². The zero-order valence-corrected chi connectivity index (χ0v) is 7.28. The lowest BCUT2D eigenvalue weighted by Crippen LogP contribution is -2.27. The highest BCUT2D eigenvalue weighted by Crippen LogP contribution is 2.37. The predicted octanol–water partition coefficient (Wildman–Crippen LogP) is 2.66. The first-order chi connectivity index (χ1) is 5.77. The van der Waals surface area contributed by atoms with Gasteiger partial charge in [-0.2, -0.15) is 0 Å². The first-order valence-electron chi connectivity index (χ1n) is 4.14. The topological polar surface area (TPSA) is 29.4 Å². The molecule has 12 heavy (non-hydrogen) atoms. The molecule has 0 unspecified atom stereocenters. The molecule has 1 aromatic carbocycles. The van der Waals surface area contributed by atoms with Crippen LogP contribution in [-0.4, -0.2) is 11.2 Å². The molecule has 0 aromatic heterocycles. The zero-order valence-electron chi connectivity index (χ0n) is 7.28. The Bertz CT molecular complexity index is 258. The van der Waals surface area contributed by atoms with E-state index in [0.717, 1.165) is 11.4 Å². The minimum absolute atomic E-state index is 0.386. The summed E-state index contributed by atoms with van der Waals surface area (Å²) in [7, 11) is 0. The second-order valence-corrected chi connectivity index (χ2v) is 3.17. The molecule has 1 aromatic rings. The first kappa shape index (κ1) is 7.43. The van der Waals surface area contributed by atoms with E-state index >= 15 is 0 Å². The summed E-state index contributed by atoms with van der Waals surface area (Å²) in [5.74, 6) is 0. The van der Waals surface area contributed by atoms with Gasteiger partial charge in [-0.3, -0.25) is 5.12 Å². The van der Waals surface area contributed by atoms with Crippen LogP contribution in [0.15, 0.2) is 24.3 Å². The summed E-state index contributed by atoms with van der Waals surface area (Å²) in [5, 5.41) is 1.87. The van der Waals surface area contributed by atoms with Gasteiger partial charge in [-0.05, 0) is 19.9 Å². The van der Waals surface area contributed by atoms with Crippen molar-refractivity contribution in [3.8, 4) is 0 Å². The highest BCUT2D eigenvalue weighted by Gasteiger charge is 2.07. The Balaban J connectivity index is 2.22. The van der Waals surface area contributed by atoms with E-state index < -0.39 is 0 Å². The van der Waals surface area contributed by atoms with Gasteiger partial charge in [0.25, 0.3) is 0 Å². The first-order valence-corrected chi connectivity index (χ1v) is 4.14. The molecule has 0 saturated heterocycles. The SMILES string of the molecule is CC(C)N1[N-]c2ccccc2N1. The monoisotopic (exact) mass is 162 g/mol. The molecule has 0 bridgehead atoms. The van der Waals surface area contributed by atoms with Gasteiger partial charge < -0.3 is 10.9 Å². The molecule has 0 spiro atoms. The van der Waals surface area contributed by atoms with E-state index in [9.17, 15) is 0 Å². The number of nitrogens with zero attached hydrogens (tertiary/aromatic N) is 2. The van der Waals surface area contributed by atoms with Crippen molar-refractivity contribution in [1.82, 2.24) is 5.12 Å². The van der Waals surface area contributed by atoms with Crippen LogP contribution < -0.4 is 5.43 Å². The Morgan fingerprint density at radius 3 is 2.75 bits per heavy atom. The van der Waals surface area contributed by atoms with Gasteiger partial charge in [0.05, 0.1) is 0 Å². The number of benzene rings is 1. The van der Waals surface area contributed by atoms with E-state index in [1.807, 2.05) is 29.4 Å². The summed E-state index contributed by atoms with van der Waals surface area (Å²) >= 11 is 0. The van der Waals surface area contributed by atoms with Gasteiger partial charge in [-0.15, -0.1) is 5.69 Å². The Labute approximate surface area is 72.3 Å². The van der Waals surface area contributed by atoms with Crippen molar-refractivity contribution in [3.05, 3.63) is 29.7 Å². The molecule has 0 saturated carbocycles. The largest absolute Gasteiger partial charge is 0.599 e. The third-order valence-electron chi connectivity index (χ3n) is 1.84. The number of hydrazine groups is 1. The number of para-hydroxylation sites is 1. The molecule has 0 amide bonds. The van der Waals surface area contributed by atoms with Crippen molar-refractivity contribution in [1.29, 1.82) is 0 Å². The number of anilines is 1. The van der Waals surface area contributed by atoms with Crippen LogP contribution in [0.4, 0.5) is 11.4 Å². The lowest BCUT2D eigenvalue weighted by molar-refractivity contribution is 0.364. The molecule has 0 fully saturated rings. The number of hydrogen-bond acceptors (Lipinski definition) is 2. The van der Waals surface area contributed by atoms with E-state index in [2.05, 4.69) is 24.7 Å². The molecule has 1 aliphatic rings.